The van der Waals surface area contributed by atoms with Crippen LogP contribution in [-0.4, -0.2) is 29.6 Å². The third kappa shape index (κ3) is 2.42. The van der Waals surface area contributed by atoms with E-state index in [1.807, 2.05) is 12.1 Å². The predicted molar refractivity (Wildman–Crippen MR) is 75.9 cm³/mol. The Morgan fingerprint density at radius 3 is 2.50 bits per heavy atom. The summed E-state index contributed by atoms with van der Waals surface area (Å²) in [6.45, 7) is 1.13. The van der Waals surface area contributed by atoms with Crippen molar-refractivity contribution < 1.29 is 0 Å². The number of piperidine rings is 1. The first-order chi connectivity index (χ1) is 8.74. The lowest BCUT2D eigenvalue weighted by Gasteiger charge is -2.37. The van der Waals surface area contributed by atoms with E-state index in [1.54, 1.807) is 0 Å². The summed E-state index contributed by atoms with van der Waals surface area (Å²) in [5.41, 5.74) is 7.37. The third-order valence-electron chi connectivity index (χ3n) is 4.52. The number of nitrogens with two attached hydrogens (primary N) is 1. The number of hydrogen-bond acceptors (Lipinski definition) is 2. The standard InChI is InChI=1S/C15H21ClN2/c16-15-4-2-1-3-11(15)7-8-18-13-5-6-14(18)10-12(17)9-13/h1-4,12-14H,5-10,17H2. The number of nitrogens with zero attached hydrogens (tertiary/aromatic N) is 1. The van der Waals surface area contributed by atoms with Crippen LogP contribution in [0.4, 0.5) is 0 Å². The highest BCUT2D eigenvalue weighted by Gasteiger charge is 2.38. The molecule has 18 heavy (non-hydrogen) atoms. The van der Waals surface area contributed by atoms with Crippen LogP contribution in [0.1, 0.15) is 31.2 Å². The number of fused-ring (bicyclic) bond motifs is 2. The highest BCUT2D eigenvalue weighted by molar-refractivity contribution is 6.31. The summed E-state index contributed by atoms with van der Waals surface area (Å²) in [6.07, 6.45) is 6.09. The van der Waals surface area contributed by atoms with E-state index in [-0.39, 0.29) is 0 Å². The van der Waals surface area contributed by atoms with Crippen LogP contribution < -0.4 is 5.73 Å². The minimum atomic E-state index is 0.430. The number of rotatable bonds is 3. The highest BCUT2D eigenvalue weighted by atomic mass is 35.5. The van der Waals surface area contributed by atoms with Crippen molar-refractivity contribution in [2.75, 3.05) is 6.54 Å². The van der Waals surface area contributed by atoms with E-state index in [1.165, 1.54) is 31.2 Å². The molecule has 3 heteroatoms. The molecule has 0 amide bonds. The van der Waals surface area contributed by atoms with Gasteiger partial charge < -0.3 is 5.73 Å². The molecule has 98 valence electrons. The minimum Gasteiger partial charge on any atom is -0.328 e. The van der Waals surface area contributed by atoms with Crippen molar-refractivity contribution in [3.05, 3.63) is 34.9 Å². The largest absolute Gasteiger partial charge is 0.328 e. The van der Waals surface area contributed by atoms with E-state index >= 15 is 0 Å². The summed E-state index contributed by atoms with van der Waals surface area (Å²) in [5.74, 6) is 0. The molecule has 2 unspecified atom stereocenters. The molecular weight excluding hydrogens is 244 g/mol. The van der Waals surface area contributed by atoms with Gasteiger partial charge in [0.05, 0.1) is 0 Å². The Balaban J connectivity index is 1.63. The molecule has 2 saturated heterocycles. The van der Waals surface area contributed by atoms with Gasteiger partial charge in [0, 0.05) is 29.7 Å². The van der Waals surface area contributed by atoms with Gasteiger partial charge in [-0.05, 0) is 43.7 Å². The van der Waals surface area contributed by atoms with E-state index in [2.05, 4.69) is 17.0 Å². The average molecular weight is 265 g/mol. The molecule has 2 fully saturated rings. The van der Waals surface area contributed by atoms with E-state index < -0.39 is 0 Å². The van der Waals surface area contributed by atoms with Crippen LogP contribution in [0.15, 0.2) is 24.3 Å². The molecule has 2 heterocycles. The molecule has 2 N–H and O–H groups in total. The van der Waals surface area contributed by atoms with Gasteiger partial charge in [0.2, 0.25) is 0 Å². The molecule has 0 aromatic heterocycles. The van der Waals surface area contributed by atoms with Gasteiger partial charge in [0.15, 0.2) is 0 Å². The lowest BCUT2D eigenvalue weighted by atomic mass is 9.97. The quantitative estimate of drug-likeness (QED) is 0.910. The average Bonchev–Trinajstić information content (AvgIpc) is 2.60. The molecule has 0 radical (unpaired) electrons. The van der Waals surface area contributed by atoms with Crippen molar-refractivity contribution in [3.8, 4) is 0 Å². The summed E-state index contributed by atoms with van der Waals surface area (Å²) in [6, 6.07) is 10.1. The Hall–Kier alpha value is -0.570. The summed E-state index contributed by atoms with van der Waals surface area (Å²) < 4.78 is 0. The number of benzene rings is 1. The maximum Gasteiger partial charge on any atom is 0.0438 e. The summed E-state index contributed by atoms with van der Waals surface area (Å²) in [7, 11) is 0. The first kappa shape index (κ1) is 12.5. The predicted octanol–water partition coefficient (Wildman–Crippen LogP) is 2.84. The van der Waals surface area contributed by atoms with E-state index in [9.17, 15) is 0 Å². The van der Waals surface area contributed by atoms with Crippen molar-refractivity contribution in [2.45, 2.75) is 50.2 Å². The molecule has 0 aliphatic carbocycles. The fourth-order valence-electron chi connectivity index (χ4n) is 3.63. The van der Waals surface area contributed by atoms with Gasteiger partial charge in [-0.3, -0.25) is 4.90 Å². The van der Waals surface area contributed by atoms with Gasteiger partial charge in [-0.25, -0.2) is 0 Å². The van der Waals surface area contributed by atoms with Gasteiger partial charge in [0.1, 0.15) is 0 Å². The molecule has 2 aliphatic rings. The SMILES string of the molecule is NC1CC2CCC(C1)N2CCc1ccccc1Cl. The van der Waals surface area contributed by atoms with Gasteiger partial charge in [0.25, 0.3) is 0 Å². The van der Waals surface area contributed by atoms with Crippen LogP contribution in [0.5, 0.6) is 0 Å². The second-order valence-electron chi connectivity index (χ2n) is 5.70. The van der Waals surface area contributed by atoms with Crippen LogP contribution in [0.3, 0.4) is 0 Å². The van der Waals surface area contributed by atoms with Crippen molar-refractivity contribution in [1.82, 2.24) is 4.90 Å². The maximum atomic E-state index is 6.21. The van der Waals surface area contributed by atoms with Gasteiger partial charge in [-0.1, -0.05) is 29.8 Å². The lowest BCUT2D eigenvalue weighted by Crippen LogP contribution is -2.48. The van der Waals surface area contributed by atoms with Crippen LogP contribution in [0.25, 0.3) is 0 Å². The van der Waals surface area contributed by atoms with E-state index in [0.717, 1.165) is 30.1 Å². The van der Waals surface area contributed by atoms with Crippen molar-refractivity contribution >= 4 is 11.6 Å². The smallest absolute Gasteiger partial charge is 0.0438 e. The van der Waals surface area contributed by atoms with E-state index in [0.29, 0.717) is 6.04 Å². The molecule has 1 aromatic rings. The normalized spacial score (nSPS) is 31.8. The molecule has 0 spiro atoms. The molecule has 1 aromatic carbocycles. The molecular formula is C15H21ClN2. The Bertz CT molecular complexity index is 407. The van der Waals surface area contributed by atoms with Crippen LogP contribution in [-0.2, 0) is 6.42 Å². The molecule has 2 bridgehead atoms. The van der Waals surface area contributed by atoms with Crippen LogP contribution >= 0.6 is 11.6 Å². The first-order valence-electron chi connectivity index (χ1n) is 6.99. The first-order valence-corrected chi connectivity index (χ1v) is 7.36. The number of hydrogen-bond donors (Lipinski definition) is 1. The Morgan fingerprint density at radius 1 is 1.17 bits per heavy atom. The van der Waals surface area contributed by atoms with Crippen molar-refractivity contribution in [2.24, 2.45) is 5.73 Å². The van der Waals surface area contributed by atoms with Crippen LogP contribution in [0, 0.1) is 0 Å². The summed E-state index contributed by atoms with van der Waals surface area (Å²) >= 11 is 6.21. The molecule has 2 atom stereocenters. The van der Waals surface area contributed by atoms with Crippen molar-refractivity contribution in [1.29, 1.82) is 0 Å². The zero-order chi connectivity index (χ0) is 12.5. The van der Waals surface area contributed by atoms with Gasteiger partial charge in [-0.15, -0.1) is 0 Å². The zero-order valence-corrected chi connectivity index (χ0v) is 11.4. The summed E-state index contributed by atoms with van der Waals surface area (Å²) in [5, 5.41) is 0.901. The summed E-state index contributed by atoms with van der Waals surface area (Å²) in [4.78, 5) is 2.67. The lowest BCUT2D eigenvalue weighted by molar-refractivity contribution is 0.129. The van der Waals surface area contributed by atoms with Crippen molar-refractivity contribution in [3.63, 3.8) is 0 Å². The van der Waals surface area contributed by atoms with Gasteiger partial charge in [-0.2, -0.15) is 0 Å². The monoisotopic (exact) mass is 264 g/mol. The fraction of sp³-hybridized carbons (Fsp3) is 0.600. The second kappa shape index (κ2) is 5.20. The molecule has 2 nitrogen and oxygen atoms in total. The topological polar surface area (TPSA) is 29.3 Å². The second-order valence-corrected chi connectivity index (χ2v) is 6.10. The highest BCUT2D eigenvalue weighted by Crippen LogP contribution is 2.35. The molecule has 2 aliphatic heterocycles. The van der Waals surface area contributed by atoms with Gasteiger partial charge >= 0.3 is 0 Å². The Labute approximate surface area is 114 Å². The Morgan fingerprint density at radius 2 is 1.83 bits per heavy atom. The maximum absolute atomic E-state index is 6.21. The third-order valence-corrected chi connectivity index (χ3v) is 4.89. The number of halogens is 1. The van der Waals surface area contributed by atoms with Crippen LogP contribution in [0.2, 0.25) is 5.02 Å². The Kier molecular flexibility index (Phi) is 3.60. The molecule has 0 saturated carbocycles. The molecule has 3 rings (SSSR count). The zero-order valence-electron chi connectivity index (χ0n) is 10.7. The van der Waals surface area contributed by atoms with E-state index in [4.69, 9.17) is 17.3 Å². The fourth-order valence-corrected chi connectivity index (χ4v) is 3.86. The minimum absolute atomic E-state index is 0.430.